The molecule has 6 nitrogen and oxygen atoms in total. The summed E-state index contributed by atoms with van der Waals surface area (Å²) < 4.78 is 16.7. The maximum absolute atomic E-state index is 12.8. The van der Waals surface area contributed by atoms with Gasteiger partial charge in [0.15, 0.2) is 6.10 Å². The topological polar surface area (TPSA) is 78.9 Å². The summed E-state index contributed by atoms with van der Waals surface area (Å²) in [4.78, 5) is 37.9. The summed E-state index contributed by atoms with van der Waals surface area (Å²) in [5, 5.41) is 0. The number of carbonyl (C=O) groups excluding carboxylic acids is 3. The number of rotatable bonds is 45. The van der Waals surface area contributed by atoms with E-state index in [-0.39, 0.29) is 31.1 Å². The van der Waals surface area contributed by atoms with E-state index in [2.05, 4.69) is 81.5 Å². The van der Waals surface area contributed by atoms with Crippen LogP contribution in [0.1, 0.15) is 245 Å². The highest BCUT2D eigenvalue weighted by molar-refractivity contribution is 5.71. The van der Waals surface area contributed by atoms with Crippen molar-refractivity contribution in [3.05, 3.63) is 60.8 Å². The normalized spacial score (nSPS) is 12.5. The zero-order valence-corrected chi connectivity index (χ0v) is 39.5. The Hall–Kier alpha value is -2.89. The maximum atomic E-state index is 12.8. The highest BCUT2D eigenvalue weighted by atomic mass is 16.6. The van der Waals surface area contributed by atoms with Crippen LogP contribution in [0.15, 0.2) is 60.8 Å². The zero-order valence-electron chi connectivity index (χ0n) is 39.5. The molecule has 0 aliphatic carbocycles. The molecular formula is C54H94O6. The molecule has 0 aliphatic rings. The van der Waals surface area contributed by atoms with Crippen LogP contribution in [0.3, 0.4) is 0 Å². The second-order valence-electron chi connectivity index (χ2n) is 16.7. The van der Waals surface area contributed by atoms with Crippen LogP contribution in [-0.4, -0.2) is 37.2 Å². The molecule has 0 amide bonds. The van der Waals surface area contributed by atoms with E-state index in [4.69, 9.17) is 14.2 Å². The standard InChI is InChI=1S/C54H94O6/c1-4-7-10-13-16-19-22-24-26-28-30-32-35-38-41-44-47-53(56)59-50-51(49-58-52(55)46-43-40-37-34-21-18-15-12-9-6-3)60-54(57)48-45-42-39-36-33-31-29-27-25-23-20-17-14-11-8-5-2/h12,15,19-20,22-23,26-29,51H,4-11,13-14,16-18,21,24-25,30-50H2,1-3H3/b15-12-,22-19-,23-20-,28-26-,29-27-. The predicted octanol–water partition coefficient (Wildman–Crippen LogP) is 16.5. The van der Waals surface area contributed by atoms with Crippen LogP contribution in [0.5, 0.6) is 0 Å². The van der Waals surface area contributed by atoms with Crippen molar-refractivity contribution < 1.29 is 28.6 Å². The van der Waals surface area contributed by atoms with Crippen molar-refractivity contribution in [1.82, 2.24) is 0 Å². The predicted molar refractivity (Wildman–Crippen MR) is 256 cm³/mol. The summed E-state index contributed by atoms with van der Waals surface area (Å²) >= 11 is 0. The van der Waals surface area contributed by atoms with Crippen LogP contribution in [0, 0.1) is 0 Å². The van der Waals surface area contributed by atoms with Gasteiger partial charge in [-0.05, 0) is 103 Å². The molecule has 346 valence electrons. The van der Waals surface area contributed by atoms with E-state index in [1.807, 2.05) is 0 Å². The van der Waals surface area contributed by atoms with Crippen LogP contribution >= 0.6 is 0 Å². The Balaban J connectivity index is 4.41. The summed E-state index contributed by atoms with van der Waals surface area (Å²) in [5.41, 5.74) is 0. The average Bonchev–Trinajstić information content (AvgIpc) is 3.24. The summed E-state index contributed by atoms with van der Waals surface area (Å²) in [5.74, 6) is -0.926. The number of carbonyl (C=O) groups is 3. The Morgan fingerprint density at radius 1 is 0.333 bits per heavy atom. The molecule has 0 radical (unpaired) electrons. The maximum Gasteiger partial charge on any atom is 0.306 e. The molecule has 0 aromatic heterocycles. The monoisotopic (exact) mass is 839 g/mol. The van der Waals surface area contributed by atoms with Crippen LogP contribution < -0.4 is 0 Å². The van der Waals surface area contributed by atoms with Gasteiger partial charge in [-0.2, -0.15) is 0 Å². The first-order valence-electron chi connectivity index (χ1n) is 25.3. The number of hydrogen-bond acceptors (Lipinski definition) is 6. The van der Waals surface area contributed by atoms with E-state index >= 15 is 0 Å². The Morgan fingerprint density at radius 3 is 1.00 bits per heavy atom. The molecule has 0 bridgehead atoms. The average molecular weight is 839 g/mol. The van der Waals surface area contributed by atoms with Gasteiger partial charge in [-0.15, -0.1) is 0 Å². The summed E-state index contributed by atoms with van der Waals surface area (Å²) in [6, 6.07) is 0. The molecular weight excluding hydrogens is 745 g/mol. The third-order valence-electron chi connectivity index (χ3n) is 10.7. The number of esters is 3. The molecule has 60 heavy (non-hydrogen) atoms. The van der Waals surface area contributed by atoms with Crippen molar-refractivity contribution >= 4 is 17.9 Å². The number of unbranched alkanes of at least 4 members (excludes halogenated alkanes) is 24. The van der Waals surface area contributed by atoms with Crippen LogP contribution in [0.2, 0.25) is 0 Å². The molecule has 0 saturated heterocycles. The molecule has 1 unspecified atom stereocenters. The molecule has 0 saturated carbocycles. The summed E-state index contributed by atoms with van der Waals surface area (Å²) in [6.07, 6.45) is 59.1. The van der Waals surface area contributed by atoms with Gasteiger partial charge in [-0.3, -0.25) is 14.4 Å². The van der Waals surface area contributed by atoms with E-state index in [1.54, 1.807) is 0 Å². The van der Waals surface area contributed by atoms with Gasteiger partial charge in [-0.1, -0.05) is 184 Å². The lowest BCUT2D eigenvalue weighted by molar-refractivity contribution is -0.167. The summed E-state index contributed by atoms with van der Waals surface area (Å²) in [7, 11) is 0. The zero-order chi connectivity index (χ0) is 43.7. The van der Waals surface area contributed by atoms with Gasteiger partial charge in [0.25, 0.3) is 0 Å². The molecule has 6 heteroatoms. The van der Waals surface area contributed by atoms with Crippen molar-refractivity contribution in [2.45, 2.75) is 252 Å². The number of hydrogen-bond donors (Lipinski definition) is 0. The Bertz CT molecular complexity index is 1100. The minimum Gasteiger partial charge on any atom is -0.462 e. The van der Waals surface area contributed by atoms with Gasteiger partial charge >= 0.3 is 17.9 Å². The molecule has 0 aromatic carbocycles. The number of ether oxygens (including phenoxy) is 3. The van der Waals surface area contributed by atoms with Crippen molar-refractivity contribution in [3.8, 4) is 0 Å². The SMILES string of the molecule is CCC/C=C\CCCCCCCC(=O)OCC(COC(=O)CCCCCCC/C=C\C/C=C\CCCCCC)OC(=O)CCCCCCC/C=C\C/C=C\CCCCCC. The lowest BCUT2D eigenvalue weighted by Gasteiger charge is -2.18. The van der Waals surface area contributed by atoms with E-state index in [0.717, 1.165) is 116 Å². The molecule has 0 N–H and O–H groups in total. The fourth-order valence-corrected chi connectivity index (χ4v) is 6.86. The quantitative estimate of drug-likeness (QED) is 0.0263. The fourth-order valence-electron chi connectivity index (χ4n) is 6.86. The minimum atomic E-state index is -0.789. The molecule has 0 fully saturated rings. The van der Waals surface area contributed by atoms with Gasteiger partial charge in [0.1, 0.15) is 13.2 Å². The third kappa shape index (κ3) is 46.2. The molecule has 0 aliphatic heterocycles. The van der Waals surface area contributed by atoms with Gasteiger partial charge in [0.05, 0.1) is 0 Å². The smallest absolute Gasteiger partial charge is 0.306 e. The van der Waals surface area contributed by atoms with Crippen molar-refractivity contribution in [2.24, 2.45) is 0 Å². The fraction of sp³-hybridized carbons (Fsp3) is 0.759. The Labute approximate surface area is 370 Å². The molecule has 0 rings (SSSR count). The highest BCUT2D eigenvalue weighted by Gasteiger charge is 2.19. The van der Waals surface area contributed by atoms with E-state index in [0.29, 0.717) is 19.3 Å². The number of allylic oxidation sites excluding steroid dienone is 10. The molecule has 0 spiro atoms. The Kier molecular flexibility index (Phi) is 46.4. The molecule has 1 atom stereocenters. The van der Waals surface area contributed by atoms with Gasteiger partial charge in [0.2, 0.25) is 0 Å². The van der Waals surface area contributed by atoms with E-state index in [1.165, 1.54) is 89.9 Å². The molecule has 0 heterocycles. The third-order valence-corrected chi connectivity index (χ3v) is 10.7. The highest BCUT2D eigenvalue weighted by Crippen LogP contribution is 2.13. The largest absolute Gasteiger partial charge is 0.462 e. The van der Waals surface area contributed by atoms with Crippen LogP contribution in [0.4, 0.5) is 0 Å². The van der Waals surface area contributed by atoms with E-state index in [9.17, 15) is 14.4 Å². The first kappa shape index (κ1) is 57.1. The second-order valence-corrected chi connectivity index (χ2v) is 16.7. The van der Waals surface area contributed by atoms with Crippen molar-refractivity contribution in [1.29, 1.82) is 0 Å². The van der Waals surface area contributed by atoms with E-state index < -0.39 is 6.10 Å². The van der Waals surface area contributed by atoms with Gasteiger partial charge < -0.3 is 14.2 Å². The summed E-state index contributed by atoms with van der Waals surface area (Å²) in [6.45, 7) is 6.51. The Morgan fingerprint density at radius 2 is 0.633 bits per heavy atom. The van der Waals surface area contributed by atoms with Gasteiger partial charge in [-0.25, -0.2) is 0 Å². The lowest BCUT2D eigenvalue weighted by Crippen LogP contribution is -2.30. The first-order chi connectivity index (χ1) is 29.5. The van der Waals surface area contributed by atoms with Crippen molar-refractivity contribution in [3.63, 3.8) is 0 Å². The first-order valence-corrected chi connectivity index (χ1v) is 25.3. The van der Waals surface area contributed by atoms with Crippen LogP contribution in [0.25, 0.3) is 0 Å². The van der Waals surface area contributed by atoms with Gasteiger partial charge in [0, 0.05) is 19.3 Å². The van der Waals surface area contributed by atoms with Crippen LogP contribution in [-0.2, 0) is 28.6 Å². The molecule has 0 aromatic rings. The minimum absolute atomic E-state index is 0.0893. The van der Waals surface area contributed by atoms with Crippen molar-refractivity contribution in [2.75, 3.05) is 13.2 Å². The second kappa shape index (κ2) is 48.8. The lowest BCUT2D eigenvalue weighted by atomic mass is 10.1.